The lowest BCUT2D eigenvalue weighted by Gasteiger charge is -2.14. The molecule has 0 saturated heterocycles. The van der Waals surface area contributed by atoms with Crippen LogP contribution >= 0.6 is 15.9 Å². The maximum atomic E-state index is 4.89. The van der Waals surface area contributed by atoms with Gasteiger partial charge in [-0.15, -0.1) is 16.8 Å². The maximum Gasteiger partial charge on any atom is 0.159 e. The third-order valence-electron chi connectivity index (χ3n) is 4.72. The predicted octanol–water partition coefficient (Wildman–Crippen LogP) is 4.44. The first-order valence-corrected chi connectivity index (χ1v) is 10.2. The standard InChI is InChI=1S/C22H22BrN5/c1-2-3-7-12-24-14-20-26-27-21-15-25-22(16-8-5-4-6-9-16)18-13-17(23)10-11-19(18)28(20)21/h2,4-6,8-11,13,24H,1,3,7,12,14-15H2. The molecule has 0 spiro atoms. The van der Waals surface area contributed by atoms with E-state index in [9.17, 15) is 0 Å². The molecule has 1 N–H and O–H groups in total. The van der Waals surface area contributed by atoms with Gasteiger partial charge in [0.05, 0.1) is 17.9 Å². The fourth-order valence-electron chi connectivity index (χ4n) is 3.39. The van der Waals surface area contributed by atoms with Gasteiger partial charge in [-0.3, -0.25) is 9.56 Å². The molecule has 28 heavy (non-hydrogen) atoms. The topological polar surface area (TPSA) is 55.1 Å². The smallest absolute Gasteiger partial charge is 0.159 e. The first-order valence-electron chi connectivity index (χ1n) is 9.43. The molecule has 2 heterocycles. The van der Waals surface area contributed by atoms with E-state index in [1.54, 1.807) is 0 Å². The minimum absolute atomic E-state index is 0.500. The summed E-state index contributed by atoms with van der Waals surface area (Å²) >= 11 is 3.62. The Morgan fingerprint density at radius 2 is 2.00 bits per heavy atom. The molecule has 3 aromatic rings. The lowest BCUT2D eigenvalue weighted by atomic mass is 10.0. The first kappa shape index (κ1) is 18.8. The number of nitrogens with zero attached hydrogens (tertiary/aromatic N) is 4. The van der Waals surface area contributed by atoms with Gasteiger partial charge in [-0.25, -0.2) is 0 Å². The second-order valence-electron chi connectivity index (χ2n) is 6.67. The molecule has 1 aromatic heterocycles. The minimum Gasteiger partial charge on any atom is -0.310 e. The van der Waals surface area contributed by atoms with Crippen molar-refractivity contribution in [2.24, 2.45) is 4.99 Å². The molecule has 0 unspecified atom stereocenters. The molecule has 142 valence electrons. The molecule has 0 bridgehead atoms. The first-order chi connectivity index (χ1) is 13.8. The van der Waals surface area contributed by atoms with Crippen LogP contribution in [0.15, 0.2) is 70.7 Å². The number of aromatic nitrogens is 3. The summed E-state index contributed by atoms with van der Waals surface area (Å²) in [6, 6.07) is 16.6. The van der Waals surface area contributed by atoms with Crippen molar-refractivity contribution >= 4 is 21.6 Å². The number of hydrogen-bond acceptors (Lipinski definition) is 4. The van der Waals surface area contributed by atoms with Gasteiger partial charge in [-0.1, -0.05) is 52.3 Å². The maximum absolute atomic E-state index is 4.89. The van der Waals surface area contributed by atoms with Crippen LogP contribution in [0.2, 0.25) is 0 Å². The van der Waals surface area contributed by atoms with Gasteiger partial charge in [0.1, 0.15) is 6.54 Å². The van der Waals surface area contributed by atoms with Crippen molar-refractivity contribution < 1.29 is 0 Å². The Kier molecular flexibility index (Phi) is 5.78. The van der Waals surface area contributed by atoms with Gasteiger partial charge in [0.25, 0.3) is 0 Å². The molecule has 0 atom stereocenters. The fraction of sp³-hybridized carbons (Fsp3) is 0.227. The Bertz CT molecular complexity index is 1010. The van der Waals surface area contributed by atoms with Crippen LogP contribution in [0.3, 0.4) is 0 Å². The molecule has 0 aliphatic carbocycles. The van der Waals surface area contributed by atoms with Crippen LogP contribution in [-0.4, -0.2) is 27.0 Å². The van der Waals surface area contributed by atoms with E-state index in [4.69, 9.17) is 4.99 Å². The average Bonchev–Trinajstić information content (AvgIpc) is 3.04. The van der Waals surface area contributed by atoms with Gasteiger partial charge in [-0.05, 0) is 37.6 Å². The van der Waals surface area contributed by atoms with Crippen LogP contribution in [0.4, 0.5) is 0 Å². The van der Waals surface area contributed by atoms with Crippen molar-refractivity contribution in [3.05, 3.63) is 88.4 Å². The Labute approximate surface area is 173 Å². The summed E-state index contributed by atoms with van der Waals surface area (Å²) in [5.41, 5.74) is 4.22. The van der Waals surface area contributed by atoms with Gasteiger partial charge >= 0.3 is 0 Å². The quantitative estimate of drug-likeness (QED) is 0.440. The van der Waals surface area contributed by atoms with E-state index in [1.807, 2.05) is 24.3 Å². The highest BCUT2D eigenvalue weighted by Gasteiger charge is 2.22. The van der Waals surface area contributed by atoms with Crippen LogP contribution in [0, 0.1) is 0 Å². The van der Waals surface area contributed by atoms with Gasteiger partial charge in [0.2, 0.25) is 0 Å². The van der Waals surface area contributed by atoms with Gasteiger partial charge in [0, 0.05) is 15.6 Å². The summed E-state index contributed by atoms with van der Waals surface area (Å²) in [5, 5.41) is 12.3. The molecule has 5 nitrogen and oxygen atoms in total. The lowest BCUT2D eigenvalue weighted by Crippen LogP contribution is -2.19. The Morgan fingerprint density at radius 1 is 1.14 bits per heavy atom. The highest BCUT2D eigenvalue weighted by atomic mass is 79.9. The normalized spacial score (nSPS) is 12.7. The third kappa shape index (κ3) is 3.84. The highest BCUT2D eigenvalue weighted by molar-refractivity contribution is 9.10. The Morgan fingerprint density at radius 3 is 2.82 bits per heavy atom. The van der Waals surface area contributed by atoms with E-state index in [2.05, 4.69) is 72.9 Å². The molecule has 1 aliphatic rings. The number of halogens is 1. The van der Waals surface area contributed by atoms with Crippen molar-refractivity contribution in [3.63, 3.8) is 0 Å². The van der Waals surface area contributed by atoms with E-state index >= 15 is 0 Å². The number of benzene rings is 2. The van der Waals surface area contributed by atoms with E-state index in [1.165, 1.54) is 0 Å². The minimum atomic E-state index is 0.500. The zero-order chi connectivity index (χ0) is 19.3. The molecular weight excluding hydrogens is 414 g/mol. The zero-order valence-electron chi connectivity index (χ0n) is 15.6. The summed E-state index contributed by atoms with van der Waals surface area (Å²) in [7, 11) is 0. The Balaban J connectivity index is 1.72. The Hall–Kier alpha value is -2.57. The third-order valence-corrected chi connectivity index (χ3v) is 5.22. The van der Waals surface area contributed by atoms with Crippen molar-refractivity contribution in [3.8, 4) is 5.69 Å². The number of rotatable bonds is 7. The van der Waals surface area contributed by atoms with Crippen molar-refractivity contribution in [2.45, 2.75) is 25.9 Å². The molecule has 6 heteroatoms. The largest absolute Gasteiger partial charge is 0.310 e. The van der Waals surface area contributed by atoms with Crippen LogP contribution < -0.4 is 5.32 Å². The molecule has 4 rings (SSSR count). The van der Waals surface area contributed by atoms with Gasteiger partial charge in [0.15, 0.2) is 11.6 Å². The van der Waals surface area contributed by atoms with Crippen LogP contribution in [0.1, 0.15) is 35.6 Å². The van der Waals surface area contributed by atoms with E-state index in [0.29, 0.717) is 13.1 Å². The fourth-order valence-corrected chi connectivity index (χ4v) is 3.75. The van der Waals surface area contributed by atoms with E-state index < -0.39 is 0 Å². The SMILES string of the molecule is C=CCCCNCc1nnc2n1-c1ccc(Br)cc1C(c1ccccc1)=NC2. The zero-order valence-corrected chi connectivity index (χ0v) is 17.2. The van der Waals surface area contributed by atoms with E-state index in [0.717, 1.165) is 58.0 Å². The molecule has 0 radical (unpaired) electrons. The van der Waals surface area contributed by atoms with E-state index in [-0.39, 0.29) is 0 Å². The number of allylic oxidation sites excluding steroid dienone is 1. The summed E-state index contributed by atoms with van der Waals surface area (Å²) in [4.78, 5) is 4.89. The van der Waals surface area contributed by atoms with Gasteiger partial charge in [-0.2, -0.15) is 0 Å². The number of nitrogens with one attached hydrogen (secondary N) is 1. The molecule has 0 amide bonds. The van der Waals surface area contributed by atoms with Crippen LogP contribution in [0.25, 0.3) is 5.69 Å². The van der Waals surface area contributed by atoms with Crippen molar-refractivity contribution in [1.29, 1.82) is 0 Å². The molecule has 0 fully saturated rings. The summed E-state index contributed by atoms with van der Waals surface area (Å²) < 4.78 is 3.16. The highest BCUT2D eigenvalue weighted by Crippen LogP contribution is 2.28. The van der Waals surface area contributed by atoms with Crippen LogP contribution in [-0.2, 0) is 13.1 Å². The summed E-state index contributed by atoms with van der Waals surface area (Å²) in [5.74, 6) is 1.76. The number of aliphatic imine (C=N–C) groups is 1. The molecule has 1 aliphatic heterocycles. The monoisotopic (exact) mass is 435 g/mol. The average molecular weight is 436 g/mol. The van der Waals surface area contributed by atoms with Gasteiger partial charge < -0.3 is 5.32 Å². The van der Waals surface area contributed by atoms with Crippen molar-refractivity contribution in [2.75, 3.05) is 6.54 Å². The number of unbranched alkanes of at least 4 members (excludes halogenated alkanes) is 1. The summed E-state index contributed by atoms with van der Waals surface area (Å²) in [6.07, 6.45) is 4.02. The second-order valence-corrected chi connectivity index (χ2v) is 7.58. The number of hydrogen-bond donors (Lipinski definition) is 1. The number of fused-ring (bicyclic) bond motifs is 3. The second kappa shape index (κ2) is 8.63. The molecule has 0 saturated carbocycles. The van der Waals surface area contributed by atoms with Crippen LogP contribution in [0.5, 0.6) is 0 Å². The summed E-state index contributed by atoms with van der Waals surface area (Å²) in [6.45, 7) is 5.86. The lowest BCUT2D eigenvalue weighted by molar-refractivity contribution is 0.625. The predicted molar refractivity (Wildman–Crippen MR) is 116 cm³/mol. The molecule has 2 aromatic carbocycles. The van der Waals surface area contributed by atoms with Crippen molar-refractivity contribution in [1.82, 2.24) is 20.1 Å². The molecular formula is C22H22BrN5.